The summed E-state index contributed by atoms with van der Waals surface area (Å²) >= 11 is 5.89. The third kappa shape index (κ3) is 2.94. The van der Waals surface area contributed by atoms with E-state index >= 15 is 0 Å². The highest BCUT2D eigenvalue weighted by atomic mass is 35.5. The lowest BCUT2D eigenvalue weighted by atomic mass is 10.0. The molecule has 1 saturated carbocycles. The normalized spacial score (nSPS) is 17.7. The number of hydrogen-bond acceptors (Lipinski definition) is 3. The molecule has 0 bridgehead atoms. The number of halogens is 1. The Bertz CT molecular complexity index is 456. The average molecular weight is 269 g/mol. The van der Waals surface area contributed by atoms with Crippen molar-refractivity contribution < 1.29 is 9.53 Å². The Balaban J connectivity index is 2.12. The zero-order valence-electron chi connectivity index (χ0n) is 10.1. The van der Waals surface area contributed by atoms with Crippen molar-refractivity contribution >= 4 is 17.5 Å². The standard InChI is InChI=1S/C13H17ClN2O2/c14-9-3-4-10(12(15)17)11(7-9)18-8-13(16)5-1-2-6-13/h3-4,7H,1-2,5-6,8,16H2,(H2,15,17). The number of amides is 1. The molecule has 5 heteroatoms. The van der Waals surface area contributed by atoms with Crippen LogP contribution in [0.1, 0.15) is 36.0 Å². The molecular formula is C13H17ClN2O2. The van der Waals surface area contributed by atoms with E-state index in [0.29, 0.717) is 22.9 Å². The molecule has 1 aliphatic rings. The van der Waals surface area contributed by atoms with Crippen LogP contribution in [0, 0.1) is 0 Å². The Morgan fingerprint density at radius 2 is 2.06 bits per heavy atom. The van der Waals surface area contributed by atoms with Gasteiger partial charge in [-0.2, -0.15) is 0 Å². The monoisotopic (exact) mass is 268 g/mol. The molecule has 1 aliphatic carbocycles. The fraction of sp³-hybridized carbons (Fsp3) is 0.462. The highest BCUT2D eigenvalue weighted by Crippen LogP contribution is 2.29. The molecule has 0 unspecified atom stereocenters. The van der Waals surface area contributed by atoms with Crippen LogP contribution in [-0.4, -0.2) is 18.1 Å². The van der Waals surface area contributed by atoms with Crippen LogP contribution in [0.3, 0.4) is 0 Å². The van der Waals surface area contributed by atoms with Crippen LogP contribution in [0.25, 0.3) is 0 Å². The van der Waals surface area contributed by atoms with Gasteiger partial charge in [-0.1, -0.05) is 24.4 Å². The lowest BCUT2D eigenvalue weighted by molar-refractivity contribution is 0.0994. The second-order valence-corrected chi connectivity index (χ2v) is 5.30. The quantitative estimate of drug-likeness (QED) is 0.878. The summed E-state index contributed by atoms with van der Waals surface area (Å²) in [5, 5.41) is 0.507. The van der Waals surface area contributed by atoms with Crippen molar-refractivity contribution in [3.05, 3.63) is 28.8 Å². The topological polar surface area (TPSA) is 78.3 Å². The predicted octanol–water partition coefficient (Wildman–Crippen LogP) is 2.09. The molecule has 2 rings (SSSR count). The zero-order chi connectivity index (χ0) is 13.2. The van der Waals surface area contributed by atoms with E-state index in [1.165, 1.54) is 0 Å². The van der Waals surface area contributed by atoms with Crippen molar-refractivity contribution in [2.75, 3.05) is 6.61 Å². The summed E-state index contributed by atoms with van der Waals surface area (Å²) in [5.41, 5.74) is 11.5. The summed E-state index contributed by atoms with van der Waals surface area (Å²) in [7, 11) is 0. The van der Waals surface area contributed by atoms with E-state index in [1.807, 2.05) is 0 Å². The van der Waals surface area contributed by atoms with E-state index in [9.17, 15) is 4.79 Å². The third-order valence-corrected chi connectivity index (χ3v) is 3.56. The van der Waals surface area contributed by atoms with E-state index in [0.717, 1.165) is 25.7 Å². The van der Waals surface area contributed by atoms with Gasteiger partial charge in [0.15, 0.2) is 0 Å². The van der Waals surface area contributed by atoms with Gasteiger partial charge in [0, 0.05) is 5.02 Å². The van der Waals surface area contributed by atoms with E-state index in [2.05, 4.69) is 0 Å². The Labute approximate surface area is 111 Å². The molecule has 0 saturated heterocycles. The molecular weight excluding hydrogens is 252 g/mol. The maximum atomic E-state index is 11.3. The van der Waals surface area contributed by atoms with Gasteiger partial charge in [0.2, 0.25) is 0 Å². The van der Waals surface area contributed by atoms with Crippen molar-refractivity contribution in [3.8, 4) is 5.75 Å². The van der Waals surface area contributed by atoms with Gasteiger partial charge >= 0.3 is 0 Å². The molecule has 18 heavy (non-hydrogen) atoms. The summed E-state index contributed by atoms with van der Waals surface area (Å²) < 4.78 is 5.66. The Morgan fingerprint density at radius 3 is 2.67 bits per heavy atom. The van der Waals surface area contributed by atoms with Crippen molar-refractivity contribution in [3.63, 3.8) is 0 Å². The van der Waals surface area contributed by atoms with Crippen LogP contribution < -0.4 is 16.2 Å². The van der Waals surface area contributed by atoms with Crippen LogP contribution in [0.2, 0.25) is 5.02 Å². The van der Waals surface area contributed by atoms with Crippen molar-refractivity contribution in [1.82, 2.24) is 0 Å². The van der Waals surface area contributed by atoms with Gasteiger partial charge < -0.3 is 16.2 Å². The number of primary amides is 1. The lowest BCUT2D eigenvalue weighted by Gasteiger charge is -2.24. The SMILES string of the molecule is NC(=O)c1ccc(Cl)cc1OCC1(N)CCCC1. The maximum absolute atomic E-state index is 11.3. The first-order valence-corrected chi connectivity index (χ1v) is 6.39. The minimum atomic E-state index is -0.529. The van der Waals surface area contributed by atoms with Crippen LogP contribution >= 0.6 is 11.6 Å². The van der Waals surface area contributed by atoms with Crippen LogP contribution in [0.5, 0.6) is 5.75 Å². The summed E-state index contributed by atoms with van der Waals surface area (Å²) in [4.78, 5) is 11.3. The molecule has 98 valence electrons. The van der Waals surface area contributed by atoms with E-state index in [4.69, 9.17) is 27.8 Å². The molecule has 0 aliphatic heterocycles. The Kier molecular flexibility index (Phi) is 3.78. The molecule has 0 heterocycles. The predicted molar refractivity (Wildman–Crippen MR) is 70.9 cm³/mol. The Hall–Kier alpha value is -1.26. The molecule has 1 fully saturated rings. The number of rotatable bonds is 4. The van der Waals surface area contributed by atoms with Crippen molar-refractivity contribution in [2.24, 2.45) is 11.5 Å². The molecule has 4 N–H and O–H groups in total. The number of carbonyl (C=O) groups is 1. The first kappa shape index (κ1) is 13.2. The summed E-state index contributed by atoms with van der Waals surface area (Å²) in [5.74, 6) is -0.120. The van der Waals surface area contributed by atoms with Crippen molar-refractivity contribution in [2.45, 2.75) is 31.2 Å². The number of nitrogens with two attached hydrogens (primary N) is 2. The second kappa shape index (κ2) is 5.16. The second-order valence-electron chi connectivity index (χ2n) is 4.86. The van der Waals surface area contributed by atoms with Crippen molar-refractivity contribution in [1.29, 1.82) is 0 Å². The van der Waals surface area contributed by atoms with Crippen LogP contribution in [0.4, 0.5) is 0 Å². The van der Waals surface area contributed by atoms with E-state index < -0.39 is 5.91 Å². The van der Waals surface area contributed by atoms with E-state index in [1.54, 1.807) is 18.2 Å². The lowest BCUT2D eigenvalue weighted by Crippen LogP contribution is -2.42. The number of ether oxygens (including phenoxy) is 1. The van der Waals surface area contributed by atoms with Crippen LogP contribution in [-0.2, 0) is 0 Å². The summed E-state index contributed by atoms with van der Waals surface area (Å²) in [6.45, 7) is 0.383. The molecule has 4 nitrogen and oxygen atoms in total. The third-order valence-electron chi connectivity index (χ3n) is 3.32. The zero-order valence-corrected chi connectivity index (χ0v) is 10.9. The first-order chi connectivity index (χ1) is 8.50. The minimum absolute atomic E-state index is 0.294. The molecule has 0 spiro atoms. The number of hydrogen-bond donors (Lipinski definition) is 2. The molecule has 0 radical (unpaired) electrons. The maximum Gasteiger partial charge on any atom is 0.252 e. The number of benzene rings is 1. The number of carbonyl (C=O) groups excluding carboxylic acids is 1. The molecule has 0 aromatic heterocycles. The van der Waals surface area contributed by atoms with Gasteiger partial charge in [-0.15, -0.1) is 0 Å². The molecule has 1 aromatic carbocycles. The molecule has 1 aromatic rings. The van der Waals surface area contributed by atoms with Gasteiger partial charge in [-0.05, 0) is 31.0 Å². The minimum Gasteiger partial charge on any atom is -0.491 e. The molecule has 1 amide bonds. The van der Waals surface area contributed by atoms with Gasteiger partial charge in [-0.25, -0.2) is 0 Å². The Morgan fingerprint density at radius 1 is 1.39 bits per heavy atom. The first-order valence-electron chi connectivity index (χ1n) is 6.01. The van der Waals surface area contributed by atoms with E-state index in [-0.39, 0.29) is 5.54 Å². The highest BCUT2D eigenvalue weighted by molar-refractivity contribution is 6.30. The van der Waals surface area contributed by atoms with Gasteiger partial charge in [-0.3, -0.25) is 4.79 Å². The average Bonchev–Trinajstić information content (AvgIpc) is 2.74. The highest BCUT2D eigenvalue weighted by Gasteiger charge is 2.30. The van der Waals surface area contributed by atoms with Crippen LogP contribution in [0.15, 0.2) is 18.2 Å². The molecule has 0 atom stereocenters. The van der Waals surface area contributed by atoms with Gasteiger partial charge in [0.05, 0.1) is 11.1 Å². The van der Waals surface area contributed by atoms with Gasteiger partial charge in [0.25, 0.3) is 5.91 Å². The largest absolute Gasteiger partial charge is 0.491 e. The van der Waals surface area contributed by atoms with Gasteiger partial charge in [0.1, 0.15) is 12.4 Å². The smallest absolute Gasteiger partial charge is 0.252 e. The summed E-state index contributed by atoms with van der Waals surface area (Å²) in [6, 6.07) is 4.78. The fourth-order valence-electron chi connectivity index (χ4n) is 2.26. The fourth-order valence-corrected chi connectivity index (χ4v) is 2.43. The summed E-state index contributed by atoms with van der Waals surface area (Å²) in [6.07, 6.45) is 4.13.